The van der Waals surface area contributed by atoms with Gasteiger partial charge >= 0.3 is 0 Å². The van der Waals surface area contributed by atoms with Crippen molar-refractivity contribution >= 4 is 17.5 Å². The summed E-state index contributed by atoms with van der Waals surface area (Å²) in [4.78, 5) is 22.9. The quantitative estimate of drug-likeness (QED) is 0.551. The normalized spacial score (nSPS) is 10.7. The van der Waals surface area contributed by atoms with E-state index in [9.17, 15) is 9.59 Å². The number of furan rings is 1. The molecule has 1 aromatic heterocycles. The average molecular weight is 310 g/mol. The number of amides is 2. The average Bonchev–Trinajstić information content (AvgIpc) is 3.07. The zero-order chi connectivity index (χ0) is 16.7. The maximum Gasteiger partial charge on any atom is 0.263 e. The fraction of sp³-hybridized carbons (Fsp3) is 0.0625. The number of nitrogens with one attached hydrogen (secondary N) is 2. The Morgan fingerprint density at radius 3 is 2.57 bits per heavy atom. The molecule has 0 radical (unpaired) electrons. The molecule has 0 aliphatic rings. The van der Waals surface area contributed by atoms with Crippen LogP contribution in [0.5, 0.6) is 0 Å². The van der Waals surface area contributed by atoms with Crippen LogP contribution in [-0.2, 0) is 11.3 Å². The first-order chi connectivity index (χ1) is 11.1. The van der Waals surface area contributed by atoms with Gasteiger partial charge in [0.25, 0.3) is 5.91 Å². The molecule has 2 aromatic rings. The van der Waals surface area contributed by atoms with Crippen molar-refractivity contribution in [3.63, 3.8) is 0 Å². The summed E-state index contributed by atoms with van der Waals surface area (Å²) < 4.78 is 5.09. The van der Waals surface area contributed by atoms with Crippen molar-refractivity contribution in [1.29, 1.82) is 5.26 Å². The molecule has 0 bridgehead atoms. The van der Waals surface area contributed by atoms with E-state index in [-0.39, 0.29) is 12.1 Å². The molecule has 2 amide bonds. The van der Waals surface area contributed by atoms with E-state index in [0.717, 1.165) is 0 Å². The zero-order valence-electron chi connectivity index (χ0n) is 12.1. The van der Waals surface area contributed by atoms with Crippen LogP contribution in [0.15, 0.2) is 58.9 Å². The summed E-state index contributed by atoms with van der Waals surface area (Å²) in [7, 11) is 0. The van der Waals surface area contributed by atoms with Crippen molar-refractivity contribution in [1.82, 2.24) is 5.32 Å². The highest BCUT2D eigenvalue weighted by molar-refractivity contribution is 5.97. The largest absolute Gasteiger partial charge is 0.467 e. The number of benzene rings is 1. The predicted octanol–water partition coefficient (Wildman–Crippen LogP) is 1.51. The molecule has 0 saturated carbocycles. The van der Waals surface area contributed by atoms with Gasteiger partial charge in [-0.15, -0.1) is 0 Å². The van der Waals surface area contributed by atoms with Gasteiger partial charge in [-0.1, -0.05) is 0 Å². The van der Waals surface area contributed by atoms with Crippen LogP contribution < -0.4 is 16.4 Å². The first kappa shape index (κ1) is 15.9. The van der Waals surface area contributed by atoms with E-state index in [0.29, 0.717) is 17.0 Å². The lowest BCUT2D eigenvalue weighted by Gasteiger charge is -2.04. The number of primary amides is 1. The second-order valence-corrected chi connectivity index (χ2v) is 4.52. The molecule has 4 N–H and O–H groups in total. The number of carbonyl (C=O) groups is 2. The number of nitriles is 1. The smallest absolute Gasteiger partial charge is 0.263 e. The highest BCUT2D eigenvalue weighted by Gasteiger charge is 2.09. The Morgan fingerprint density at radius 2 is 2.00 bits per heavy atom. The summed E-state index contributed by atoms with van der Waals surface area (Å²) in [5.41, 5.74) is 6.04. The number of nitrogens with zero attached hydrogens (tertiary/aromatic N) is 1. The number of rotatable bonds is 6. The first-order valence-electron chi connectivity index (χ1n) is 6.67. The van der Waals surface area contributed by atoms with Gasteiger partial charge in [0.15, 0.2) is 0 Å². The monoisotopic (exact) mass is 310 g/mol. The number of nitrogens with two attached hydrogens (primary N) is 1. The first-order valence-corrected chi connectivity index (χ1v) is 6.67. The summed E-state index contributed by atoms with van der Waals surface area (Å²) in [5, 5.41) is 14.4. The summed E-state index contributed by atoms with van der Waals surface area (Å²) in [6.45, 7) is 0.193. The lowest BCUT2D eigenvalue weighted by Crippen LogP contribution is -2.24. The van der Waals surface area contributed by atoms with Crippen molar-refractivity contribution in [2.45, 2.75) is 6.54 Å². The minimum atomic E-state index is -0.526. The molecule has 1 heterocycles. The molecule has 23 heavy (non-hydrogen) atoms. The lowest BCUT2D eigenvalue weighted by molar-refractivity contribution is -0.117. The topological polar surface area (TPSA) is 121 Å². The fourth-order valence-corrected chi connectivity index (χ4v) is 1.71. The number of hydrogen-bond acceptors (Lipinski definition) is 5. The zero-order valence-corrected chi connectivity index (χ0v) is 12.1. The maximum absolute atomic E-state index is 11.9. The molecule has 2 rings (SSSR count). The molecule has 0 aliphatic heterocycles. The Kier molecular flexibility index (Phi) is 5.15. The third-order valence-corrected chi connectivity index (χ3v) is 2.92. The van der Waals surface area contributed by atoms with Crippen molar-refractivity contribution in [3.05, 3.63) is 65.8 Å². The number of anilines is 1. The van der Waals surface area contributed by atoms with E-state index < -0.39 is 11.8 Å². The maximum atomic E-state index is 11.9. The standard InChI is InChI=1S/C16H14N4O3/c17-8-12(16(22)20-10-14-2-1-7-23-14)9-19-13-5-3-11(4-6-13)15(18)21/h1-7,9,19H,10H2,(H2,18,21)(H,20,22)/b12-9-. The third-order valence-electron chi connectivity index (χ3n) is 2.92. The van der Waals surface area contributed by atoms with Gasteiger partial charge < -0.3 is 20.8 Å². The van der Waals surface area contributed by atoms with E-state index in [1.807, 2.05) is 6.07 Å². The molecule has 0 fully saturated rings. The Bertz CT molecular complexity index is 756. The lowest BCUT2D eigenvalue weighted by atomic mass is 10.2. The van der Waals surface area contributed by atoms with Crippen LogP contribution in [0.1, 0.15) is 16.1 Å². The SMILES string of the molecule is N#C/C(=C/Nc1ccc(C(N)=O)cc1)C(=O)NCc1ccco1. The Hall–Kier alpha value is -3.53. The van der Waals surface area contributed by atoms with Crippen molar-refractivity contribution in [2.24, 2.45) is 5.73 Å². The van der Waals surface area contributed by atoms with Crippen molar-refractivity contribution in [3.8, 4) is 6.07 Å². The molecule has 7 heteroatoms. The summed E-state index contributed by atoms with van der Waals surface area (Å²) in [6.07, 6.45) is 2.79. The van der Waals surface area contributed by atoms with Crippen molar-refractivity contribution in [2.75, 3.05) is 5.32 Å². The van der Waals surface area contributed by atoms with E-state index >= 15 is 0 Å². The summed E-state index contributed by atoms with van der Waals surface area (Å²) in [5.74, 6) is -0.460. The Labute approximate surface area is 132 Å². The van der Waals surface area contributed by atoms with Gasteiger partial charge in [0.1, 0.15) is 17.4 Å². The summed E-state index contributed by atoms with van der Waals surface area (Å²) in [6, 6.07) is 11.6. The molecule has 1 aromatic carbocycles. The molecule has 7 nitrogen and oxygen atoms in total. The Balaban J connectivity index is 1.96. The molecule has 0 aliphatic carbocycles. The second-order valence-electron chi connectivity index (χ2n) is 4.52. The van der Waals surface area contributed by atoms with E-state index in [4.69, 9.17) is 15.4 Å². The van der Waals surface area contributed by atoms with Gasteiger partial charge in [0, 0.05) is 17.5 Å². The minimum absolute atomic E-state index is 0.0875. The van der Waals surface area contributed by atoms with Crippen LogP contribution in [0.2, 0.25) is 0 Å². The highest BCUT2D eigenvalue weighted by Crippen LogP contribution is 2.10. The van der Waals surface area contributed by atoms with Crippen LogP contribution in [0.4, 0.5) is 5.69 Å². The molecular weight excluding hydrogens is 296 g/mol. The molecule has 0 atom stereocenters. The third kappa shape index (κ3) is 4.47. The Morgan fingerprint density at radius 1 is 1.26 bits per heavy atom. The number of carbonyl (C=O) groups excluding carboxylic acids is 2. The van der Waals surface area contributed by atoms with E-state index in [2.05, 4.69) is 10.6 Å². The second kappa shape index (κ2) is 7.47. The minimum Gasteiger partial charge on any atom is -0.467 e. The van der Waals surface area contributed by atoms with Crippen LogP contribution in [0, 0.1) is 11.3 Å². The van der Waals surface area contributed by atoms with Gasteiger partial charge in [0.2, 0.25) is 5.91 Å². The molecule has 116 valence electrons. The van der Waals surface area contributed by atoms with Crippen LogP contribution >= 0.6 is 0 Å². The van der Waals surface area contributed by atoms with Crippen LogP contribution in [-0.4, -0.2) is 11.8 Å². The molecule has 0 saturated heterocycles. The van der Waals surface area contributed by atoms with Gasteiger partial charge in [-0.05, 0) is 36.4 Å². The summed E-state index contributed by atoms with van der Waals surface area (Å²) >= 11 is 0. The molecule has 0 unspecified atom stereocenters. The van der Waals surface area contributed by atoms with Gasteiger partial charge in [0.05, 0.1) is 12.8 Å². The van der Waals surface area contributed by atoms with Crippen LogP contribution in [0.3, 0.4) is 0 Å². The van der Waals surface area contributed by atoms with E-state index in [1.165, 1.54) is 12.5 Å². The fourth-order valence-electron chi connectivity index (χ4n) is 1.71. The predicted molar refractivity (Wildman–Crippen MR) is 82.8 cm³/mol. The van der Waals surface area contributed by atoms with Gasteiger partial charge in [-0.25, -0.2) is 0 Å². The van der Waals surface area contributed by atoms with Gasteiger partial charge in [-0.2, -0.15) is 5.26 Å². The number of hydrogen-bond donors (Lipinski definition) is 3. The van der Waals surface area contributed by atoms with Gasteiger partial charge in [-0.3, -0.25) is 9.59 Å². The van der Waals surface area contributed by atoms with Crippen LogP contribution in [0.25, 0.3) is 0 Å². The van der Waals surface area contributed by atoms with Crippen molar-refractivity contribution < 1.29 is 14.0 Å². The highest BCUT2D eigenvalue weighted by atomic mass is 16.3. The van der Waals surface area contributed by atoms with E-state index in [1.54, 1.807) is 36.4 Å². The molecule has 0 spiro atoms. The molecular formula is C16H14N4O3.